The summed E-state index contributed by atoms with van der Waals surface area (Å²) in [5.74, 6) is -0.0528. The topological polar surface area (TPSA) is 141 Å². The average molecular weight is 742 g/mol. The normalized spacial score (nSPS) is 19.8. The number of nitrogens with zero attached hydrogens (tertiary/aromatic N) is 6. The molecule has 3 N–H and O–H groups in total. The van der Waals surface area contributed by atoms with Crippen LogP contribution in [0.3, 0.4) is 0 Å². The van der Waals surface area contributed by atoms with Gasteiger partial charge in [-0.3, -0.25) is 38.7 Å². The molecule has 4 aliphatic rings. The lowest BCUT2D eigenvalue weighted by Crippen LogP contribution is -2.47. The molecule has 3 amide bonds. The third-order valence-corrected chi connectivity index (χ3v) is 12.2. The number of hydrogen-bond acceptors (Lipinski definition) is 8. The van der Waals surface area contributed by atoms with Gasteiger partial charge in [-0.1, -0.05) is 18.2 Å². The zero-order chi connectivity index (χ0) is 37.6. The molecule has 0 radical (unpaired) electrons. The molecule has 0 bridgehead atoms. The Morgan fingerprint density at radius 3 is 2.38 bits per heavy atom. The third kappa shape index (κ3) is 6.70. The number of piperidine rings is 2. The largest absolute Gasteiger partial charge is 0.370 e. The maximum Gasteiger partial charge on any atom is 0.329 e. The molecule has 1 unspecified atom stereocenters. The summed E-state index contributed by atoms with van der Waals surface area (Å²) in [6.45, 7) is 7.71. The van der Waals surface area contributed by atoms with E-state index in [-0.39, 0.29) is 23.9 Å². The van der Waals surface area contributed by atoms with Crippen molar-refractivity contribution < 1.29 is 14.4 Å². The second kappa shape index (κ2) is 14.5. The molecule has 3 fully saturated rings. The van der Waals surface area contributed by atoms with Crippen LogP contribution in [0.15, 0.2) is 71.7 Å². The van der Waals surface area contributed by atoms with Crippen molar-refractivity contribution in [3.63, 3.8) is 0 Å². The number of hydrogen-bond donors (Lipinski definition) is 3. The van der Waals surface area contributed by atoms with E-state index < -0.39 is 11.9 Å². The van der Waals surface area contributed by atoms with Crippen LogP contribution in [0.5, 0.6) is 0 Å². The van der Waals surface area contributed by atoms with Gasteiger partial charge in [-0.05, 0) is 80.6 Å². The van der Waals surface area contributed by atoms with Crippen molar-refractivity contribution in [1.29, 1.82) is 0 Å². The number of pyridine rings is 1. The Bertz CT molecular complexity index is 2320. The monoisotopic (exact) mass is 741 g/mol. The minimum absolute atomic E-state index is 0.0172. The summed E-state index contributed by atoms with van der Waals surface area (Å²) in [4.78, 5) is 65.7. The van der Waals surface area contributed by atoms with Crippen LogP contribution in [0.25, 0.3) is 33.5 Å². The maximum absolute atomic E-state index is 13.4. The Morgan fingerprint density at radius 1 is 0.818 bits per heavy atom. The molecule has 13 nitrogen and oxygen atoms in total. The maximum atomic E-state index is 13.4. The van der Waals surface area contributed by atoms with E-state index in [0.29, 0.717) is 18.9 Å². The summed E-state index contributed by atoms with van der Waals surface area (Å²) in [5, 5.41) is 5.32. The van der Waals surface area contributed by atoms with Gasteiger partial charge in [0.15, 0.2) is 0 Å². The van der Waals surface area contributed by atoms with Gasteiger partial charge in [-0.15, -0.1) is 0 Å². The fourth-order valence-electron chi connectivity index (χ4n) is 9.01. The first-order valence-electron chi connectivity index (χ1n) is 19.6. The van der Waals surface area contributed by atoms with Crippen LogP contribution in [0, 0.1) is 5.92 Å². The molecular weight excluding hydrogens is 695 g/mol. The van der Waals surface area contributed by atoms with Gasteiger partial charge in [0.25, 0.3) is 5.91 Å². The summed E-state index contributed by atoms with van der Waals surface area (Å²) < 4.78 is 3.23. The zero-order valence-corrected chi connectivity index (χ0v) is 31.2. The Hall–Kier alpha value is -5.69. The fraction of sp³-hybridized carbons (Fsp3) is 0.405. The van der Waals surface area contributed by atoms with Gasteiger partial charge in [-0.2, -0.15) is 0 Å². The number of H-pyrrole nitrogens is 1. The molecule has 7 heterocycles. The lowest BCUT2D eigenvalue weighted by atomic mass is 9.93. The number of carbonyl (C=O) groups excluding carboxylic acids is 3. The number of benzene rings is 2. The predicted molar refractivity (Wildman–Crippen MR) is 212 cm³/mol. The lowest BCUT2D eigenvalue weighted by molar-refractivity contribution is -0.135. The number of rotatable bonds is 8. The minimum Gasteiger partial charge on any atom is -0.370 e. The molecule has 0 saturated carbocycles. The SMILES string of the molecule is Cn1c(=O)n(C2CCC(=O)NC2=O)c2cccc(N3CCC(CCN4CCN(c5ccc(-c6cc(-c7cc8c([nH]7)CCNC8=O)ccn6)cc5)CC4)CC3)c21. The van der Waals surface area contributed by atoms with Crippen LogP contribution in [0.4, 0.5) is 11.4 Å². The first-order chi connectivity index (χ1) is 26.8. The second-order valence-corrected chi connectivity index (χ2v) is 15.4. The third-order valence-electron chi connectivity index (χ3n) is 12.2. The number of anilines is 2. The molecule has 9 rings (SSSR count). The van der Waals surface area contributed by atoms with Crippen molar-refractivity contribution in [2.24, 2.45) is 13.0 Å². The summed E-state index contributed by atoms with van der Waals surface area (Å²) in [7, 11) is 1.77. The molecule has 55 heavy (non-hydrogen) atoms. The summed E-state index contributed by atoms with van der Waals surface area (Å²) in [5.41, 5.74) is 9.26. The number of amides is 3. The molecular formula is C42H47N9O4. The van der Waals surface area contributed by atoms with Gasteiger partial charge in [0.05, 0.1) is 28.0 Å². The molecule has 0 spiro atoms. The lowest BCUT2D eigenvalue weighted by Gasteiger charge is -2.38. The number of aromatic amines is 1. The van der Waals surface area contributed by atoms with Crippen LogP contribution in [-0.2, 0) is 23.1 Å². The highest BCUT2D eigenvalue weighted by atomic mass is 16.2. The molecule has 284 valence electrons. The smallest absolute Gasteiger partial charge is 0.329 e. The molecule has 2 aromatic carbocycles. The summed E-state index contributed by atoms with van der Waals surface area (Å²) in [6, 6.07) is 20.0. The fourth-order valence-corrected chi connectivity index (χ4v) is 9.01. The van der Waals surface area contributed by atoms with Crippen LogP contribution < -0.4 is 26.1 Å². The van der Waals surface area contributed by atoms with E-state index >= 15 is 0 Å². The molecule has 4 aliphatic heterocycles. The van der Waals surface area contributed by atoms with Crippen LogP contribution >= 0.6 is 0 Å². The number of aryl methyl sites for hydroxylation is 1. The molecule has 1 atom stereocenters. The second-order valence-electron chi connectivity index (χ2n) is 15.4. The predicted octanol–water partition coefficient (Wildman–Crippen LogP) is 4.09. The van der Waals surface area contributed by atoms with E-state index in [1.165, 1.54) is 12.1 Å². The standard InChI is InChI=1S/C42H47N9O4/c1-47-39-35(3-2-4-36(39)51(42(47)55)37-9-10-38(52)46-41(37)54)50-19-14-27(15-20-50)13-18-48-21-23-49(24-22-48)30-7-5-28(6-8-30)33-25-29(11-16-43-33)34-26-31-32(45-34)12-17-44-40(31)53/h2-8,11,16,25-27,37,45H,9-10,12-15,17-24H2,1H3,(H,44,53)(H,46,52,54). The van der Waals surface area contributed by atoms with E-state index in [1.54, 1.807) is 16.2 Å². The number of aromatic nitrogens is 4. The van der Waals surface area contributed by atoms with Gasteiger partial charge in [0.1, 0.15) is 6.04 Å². The number of para-hydroxylation sites is 1. The van der Waals surface area contributed by atoms with E-state index in [2.05, 4.69) is 71.7 Å². The van der Waals surface area contributed by atoms with Crippen molar-refractivity contribution in [3.05, 3.63) is 88.6 Å². The van der Waals surface area contributed by atoms with E-state index in [9.17, 15) is 19.2 Å². The molecule has 0 aliphatic carbocycles. The molecule has 3 aromatic heterocycles. The number of nitrogens with one attached hydrogen (secondary N) is 3. The Balaban J connectivity index is 0.769. The minimum atomic E-state index is -0.682. The average Bonchev–Trinajstić information content (AvgIpc) is 3.77. The molecule has 13 heteroatoms. The Morgan fingerprint density at radius 2 is 1.62 bits per heavy atom. The van der Waals surface area contributed by atoms with Crippen molar-refractivity contribution >= 4 is 40.1 Å². The zero-order valence-electron chi connectivity index (χ0n) is 31.2. The highest BCUT2D eigenvalue weighted by molar-refractivity contribution is 6.00. The van der Waals surface area contributed by atoms with Gasteiger partial charge >= 0.3 is 5.69 Å². The van der Waals surface area contributed by atoms with Crippen molar-refractivity contribution in [3.8, 4) is 22.5 Å². The van der Waals surface area contributed by atoms with E-state index in [1.807, 2.05) is 30.5 Å². The first kappa shape index (κ1) is 35.0. The quantitative estimate of drug-likeness (QED) is 0.202. The van der Waals surface area contributed by atoms with Crippen LogP contribution in [0.1, 0.15) is 54.2 Å². The van der Waals surface area contributed by atoms with Crippen LogP contribution in [0.2, 0.25) is 0 Å². The Labute approximate surface area is 319 Å². The summed E-state index contributed by atoms with van der Waals surface area (Å²) >= 11 is 0. The number of fused-ring (bicyclic) bond motifs is 2. The molecule has 5 aromatic rings. The van der Waals surface area contributed by atoms with Crippen molar-refractivity contribution in [1.82, 2.24) is 34.6 Å². The number of carbonyl (C=O) groups is 3. The van der Waals surface area contributed by atoms with E-state index in [4.69, 9.17) is 0 Å². The highest BCUT2D eigenvalue weighted by Crippen LogP contribution is 2.33. The van der Waals surface area contributed by atoms with Gasteiger partial charge in [0, 0.05) is 100 Å². The highest BCUT2D eigenvalue weighted by Gasteiger charge is 2.32. The number of imide groups is 1. The van der Waals surface area contributed by atoms with Gasteiger partial charge in [-0.25, -0.2) is 4.79 Å². The Kier molecular flexibility index (Phi) is 9.25. The van der Waals surface area contributed by atoms with Gasteiger partial charge in [0.2, 0.25) is 11.8 Å². The van der Waals surface area contributed by atoms with Crippen molar-refractivity contribution in [2.75, 3.05) is 62.2 Å². The van der Waals surface area contributed by atoms with Crippen LogP contribution in [-0.4, -0.2) is 94.1 Å². The number of piperazine rings is 1. The number of imidazole rings is 1. The molecule has 3 saturated heterocycles. The van der Waals surface area contributed by atoms with Crippen molar-refractivity contribution in [2.45, 2.75) is 44.6 Å². The van der Waals surface area contributed by atoms with Gasteiger partial charge < -0.3 is 20.1 Å². The first-order valence-corrected chi connectivity index (χ1v) is 19.6. The summed E-state index contributed by atoms with van der Waals surface area (Å²) in [6.07, 6.45) is 6.59. The van der Waals surface area contributed by atoms with E-state index in [0.717, 1.165) is 116 Å².